The summed E-state index contributed by atoms with van der Waals surface area (Å²) in [7, 11) is 0. The number of carbonyl (C=O) groups is 1. The van der Waals surface area contributed by atoms with Crippen LogP contribution in [0, 0.1) is 0 Å². The standard InChI is InChI=1S/C15H20ClN3OS/c1-10(20)18-13-4-6-19(7-5-13)9-12-3-2-11(15(17)21)8-14(12)16/h2-3,8,13H,4-7,9H2,1H3,(H2,17,21)(H,18,20). The van der Waals surface area contributed by atoms with Crippen LogP contribution in [0.5, 0.6) is 0 Å². The number of amides is 1. The quantitative estimate of drug-likeness (QED) is 0.832. The lowest BCUT2D eigenvalue weighted by atomic mass is 10.0. The van der Waals surface area contributed by atoms with E-state index >= 15 is 0 Å². The van der Waals surface area contributed by atoms with Crippen molar-refractivity contribution >= 4 is 34.7 Å². The van der Waals surface area contributed by atoms with E-state index in [-0.39, 0.29) is 5.91 Å². The van der Waals surface area contributed by atoms with Gasteiger partial charge in [0.25, 0.3) is 0 Å². The number of halogens is 1. The second kappa shape index (κ2) is 7.20. The molecular formula is C15H20ClN3OS. The van der Waals surface area contributed by atoms with E-state index in [0.29, 0.717) is 16.1 Å². The first kappa shape index (κ1) is 16.2. The molecule has 1 heterocycles. The van der Waals surface area contributed by atoms with Gasteiger partial charge in [-0.15, -0.1) is 0 Å². The van der Waals surface area contributed by atoms with Crippen LogP contribution >= 0.6 is 23.8 Å². The summed E-state index contributed by atoms with van der Waals surface area (Å²) in [6.45, 7) is 4.29. The summed E-state index contributed by atoms with van der Waals surface area (Å²) in [5.74, 6) is 0.0461. The Labute approximate surface area is 135 Å². The van der Waals surface area contributed by atoms with E-state index in [1.54, 1.807) is 6.92 Å². The molecule has 1 aromatic carbocycles. The fraction of sp³-hybridized carbons (Fsp3) is 0.467. The summed E-state index contributed by atoms with van der Waals surface area (Å²) in [4.78, 5) is 13.8. The molecule has 3 N–H and O–H groups in total. The third kappa shape index (κ3) is 4.66. The Morgan fingerprint density at radius 3 is 2.67 bits per heavy atom. The second-order valence-electron chi connectivity index (χ2n) is 5.42. The van der Waals surface area contributed by atoms with Crippen molar-refractivity contribution in [2.45, 2.75) is 32.4 Å². The van der Waals surface area contributed by atoms with Crippen molar-refractivity contribution in [3.05, 3.63) is 34.3 Å². The van der Waals surface area contributed by atoms with E-state index in [9.17, 15) is 4.79 Å². The van der Waals surface area contributed by atoms with Gasteiger partial charge >= 0.3 is 0 Å². The number of hydrogen-bond acceptors (Lipinski definition) is 3. The minimum Gasteiger partial charge on any atom is -0.389 e. The molecule has 1 aliphatic rings. The fourth-order valence-corrected chi connectivity index (χ4v) is 2.96. The van der Waals surface area contributed by atoms with Crippen LogP contribution in [-0.2, 0) is 11.3 Å². The first-order valence-corrected chi connectivity index (χ1v) is 7.82. The molecule has 0 aliphatic carbocycles. The average Bonchev–Trinajstić information content (AvgIpc) is 2.42. The maximum atomic E-state index is 11.1. The molecule has 0 spiro atoms. The minimum atomic E-state index is 0.0461. The van der Waals surface area contributed by atoms with E-state index in [1.807, 2.05) is 18.2 Å². The first-order chi connectivity index (χ1) is 9.95. The Morgan fingerprint density at radius 1 is 1.48 bits per heavy atom. The SMILES string of the molecule is CC(=O)NC1CCN(Cc2ccc(C(N)=S)cc2Cl)CC1. The van der Waals surface area contributed by atoms with E-state index in [4.69, 9.17) is 29.6 Å². The predicted molar refractivity (Wildman–Crippen MR) is 89.5 cm³/mol. The van der Waals surface area contributed by atoms with Gasteiger partial charge in [-0.1, -0.05) is 36.0 Å². The van der Waals surface area contributed by atoms with E-state index in [2.05, 4.69) is 10.2 Å². The molecule has 6 heteroatoms. The molecule has 1 aromatic rings. The Morgan fingerprint density at radius 2 is 2.14 bits per heavy atom. The number of nitrogens with two attached hydrogens (primary N) is 1. The summed E-state index contributed by atoms with van der Waals surface area (Å²) < 4.78 is 0. The Hall–Kier alpha value is -1.17. The highest BCUT2D eigenvalue weighted by atomic mass is 35.5. The highest BCUT2D eigenvalue weighted by Crippen LogP contribution is 2.21. The monoisotopic (exact) mass is 325 g/mol. The first-order valence-electron chi connectivity index (χ1n) is 7.03. The van der Waals surface area contributed by atoms with Crippen molar-refractivity contribution in [3.63, 3.8) is 0 Å². The Bertz CT molecular complexity index is 542. The van der Waals surface area contributed by atoms with Crippen LogP contribution in [0.25, 0.3) is 0 Å². The molecule has 0 unspecified atom stereocenters. The topological polar surface area (TPSA) is 58.4 Å². The largest absolute Gasteiger partial charge is 0.389 e. The second-order valence-corrected chi connectivity index (χ2v) is 6.27. The molecule has 1 fully saturated rings. The average molecular weight is 326 g/mol. The molecule has 0 aromatic heterocycles. The highest BCUT2D eigenvalue weighted by molar-refractivity contribution is 7.80. The normalized spacial score (nSPS) is 16.7. The van der Waals surface area contributed by atoms with Crippen molar-refractivity contribution in [1.29, 1.82) is 0 Å². The fourth-order valence-electron chi connectivity index (χ4n) is 2.59. The highest BCUT2D eigenvalue weighted by Gasteiger charge is 2.20. The molecule has 0 saturated carbocycles. The van der Waals surface area contributed by atoms with Crippen molar-refractivity contribution in [2.24, 2.45) is 5.73 Å². The Balaban J connectivity index is 1.91. The molecule has 1 saturated heterocycles. The zero-order valence-electron chi connectivity index (χ0n) is 12.1. The van der Waals surface area contributed by atoms with E-state index in [1.165, 1.54) is 0 Å². The Kier molecular flexibility index (Phi) is 5.56. The maximum absolute atomic E-state index is 11.1. The third-order valence-electron chi connectivity index (χ3n) is 3.73. The van der Waals surface area contributed by atoms with Crippen molar-refractivity contribution in [3.8, 4) is 0 Å². The number of benzene rings is 1. The lowest BCUT2D eigenvalue weighted by Crippen LogP contribution is -2.43. The molecule has 2 rings (SSSR count). The maximum Gasteiger partial charge on any atom is 0.217 e. The number of nitrogens with zero attached hydrogens (tertiary/aromatic N) is 1. The molecule has 0 bridgehead atoms. The number of likely N-dealkylation sites (tertiary alicyclic amines) is 1. The summed E-state index contributed by atoms with van der Waals surface area (Å²) in [6.07, 6.45) is 1.95. The van der Waals surface area contributed by atoms with Crippen LogP contribution in [0.2, 0.25) is 5.02 Å². The van der Waals surface area contributed by atoms with E-state index in [0.717, 1.165) is 43.6 Å². The summed E-state index contributed by atoms with van der Waals surface area (Å²) in [6, 6.07) is 6.01. The van der Waals surface area contributed by atoms with Crippen LogP contribution in [-0.4, -0.2) is 34.9 Å². The van der Waals surface area contributed by atoms with Gasteiger partial charge in [0.05, 0.1) is 0 Å². The van der Waals surface area contributed by atoms with Gasteiger partial charge in [0.15, 0.2) is 0 Å². The summed E-state index contributed by atoms with van der Waals surface area (Å²) in [5.41, 5.74) is 7.47. The van der Waals surface area contributed by atoms with Gasteiger partial charge in [0, 0.05) is 43.2 Å². The molecule has 1 aliphatic heterocycles. The van der Waals surface area contributed by atoms with Crippen molar-refractivity contribution in [1.82, 2.24) is 10.2 Å². The smallest absolute Gasteiger partial charge is 0.217 e. The third-order valence-corrected chi connectivity index (χ3v) is 4.31. The van der Waals surface area contributed by atoms with Crippen LogP contribution in [0.15, 0.2) is 18.2 Å². The van der Waals surface area contributed by atoms with Crippen LogP contribution < -0.4 is 11.1 Å². The van der Waals surface area contributed by atoms with Gasteiger partial charge in [0.2, 0.25) is 5.91 Å². The van der Waals surface area contributed by atoms with Gasteiger partial charge < -0.3 is 11.1 Å². The molecule has 21 heavy (non-hydrogen) atoms. The lowest BCUT2D eigenvalue weighted by molar-refractivity contribution is -0.119. The zero-order chi connectivity index (χ0) is 15.4. The molecule has 114 valence electrons. The molecule has 0 radical (unpaired) electrons. The van der Waals surface area contributed by atoms with Gasteiger partial charge in [0.1, 0.15) is 4.99 Å². The van der Waals surface area contributed by atoms with Gasteiger partial charge in [-0.05, 0) is 24.5 Å². The summed E-state index contributed by atoms with van der Waals surface area (Å²) in [5, 5.41) is 3.68. The van der Waals surface area contributed by atoms with E-state index < -0.39 is 0 Å². The molecule has 0 atom stereocenters. The number of rotatable bonds is 4. The number of nitrogens with one attached hydrogen (secondary N) is 1. The molecule has 1 amide bonds. The van der Waals surface area contributed by atoms with Crippen LogP contribution in [0.3, 0.4) is 0 Å². The van der Waals surface area contributed by atoms with Crippen molar-refractivity contribution < 1.29 is 4.79 Å². The van der Waals surface area contributed by atoms with Crippen molar-refractivity contribution in [2.75, 3.05) is 13.1 Å². The van der Waals surface area contributed by atoms with Gasteiger partial charge in [-0.2, -0.15) is 0 Å². The van der Waals surface area contributed by atoms with Crippen LogP contribution in [0.1, 0.15) is 30.9 Å². The minimum absolute atomic E-state index is 0.0461. The van der Waals surface area contributed by atoms with Crippen LogP contribution in [0.4, 0.5) is 0 Å². The lowest BCUT2D eigenvalue weighted by Gasteiger charge is -2.32. The number of piperidine rings is 1. The molecule has 4 nitrogen and oxygen atoms in total. The predicted octanol–water partition coefficient (Wildman–Crippen LogP) is 2.07. The molecular weight excluding hydrogens is 306 g/mol. The number of hydrogen-bond donors (Lipinski definition) is 2. The number of thiocarbonyl (C=S) groups is 1. The zero-order valence-corrected chi connectivity index (χ0v) is 13.6. The van der Waals surface area contributed by atoms with Gasteiger partial charge in [-0.25, -0.2) is 0 Å². The number of carbonyl (C=O) groups excluding carboxylic acids is 1. The van der Waals surface area contributed by atoms with Gasteiger partial charge in [-0.3, -0.25) is 9.69 Å². The summed E-state index contributed by atoms with van der Waals surface area (Å²) >= 11 is 11.2.